The summed E-state index contributed by atoms with van der Waals surface area (Å²) in [5.74, 6) is -0.274. The number of aryl methyl sites for hydroxylation is 1. The largest absolute Gasteiger partial charge is 0.396 e. The van der Waals surface area contributed by atoms with Crippen molar-refractivity contribution in [1.82, 2.24) is 24.8 Å². The molecule has 1 fully saturated rings. The summed E-state index contributed by atoms with van der Waals surface area (Å²) in [6.07, 6.45) is 3.48. The van der Waals surface area contributed by atoms with E-state index in [0.29, 0.717) is 34.7 Å². The van der Waals surface area contributed by atoms with Gasteiger partial charge in [0.15, 0.2) is 11.3 Å². The second kappa shape index (κ2) is 7.96. The Morgan fingerprint density at radius 1 is 1.41 bits per heavy atom. The van der Waals surface area contributed by atoms with Crippen molar-refractivity contribution < 1.29 is 14.3 Å². The molecule has 10 heteroatoms. The zero-order valence-corrected chi connectivity index (χ0v) is 16.9. The van der Waals surface area contributed by atoms with Crippen molar-refractivity contribution >= 4 is 33.5 Å². The number of aromatic nitrogens is 4. The minimum absolute atomic E-state index is 0.0641. The van der Waals surface area contributed by atoms with Crippen LogP contribution >= 0.6 is 11.3 Å². The van der Waals surface area contributed by atoms with E-state index >= 15 is 0 Å². The lowest BCUT2D eigenvalue weighted by molar-refractivity contribution is 0.0778. The van der Waals surface area contributed by atoms with Gasteiger partial charge < -0.3 is 15.3 Å². The number of halogens is 1. The third-order valence-electron chi connectivity index (χ3n) is 4.97. The van der Waals surface area contributed by atoms with Gasteiger partial charge >= 0.3 is 0 Å². The van der Waals surface area contributed by atoms with Gasteiger partial charge in [-0.15, -0.1) is 11.3 Å². The van der Waals surface area contributed by atoms with Crippen LogP contribution in [0.4, 0.5) is 10.3 Å². The first-order chi connectivity index (χ1) is 13.9. The van der Waals surface area contributed by atoms with Gasteiger partial charge in [0.2, 0.25) is 5.95 Å². The second-order valence-electron chi connectivity index (χ2n) is 7.17. The molecule has 0 bridgehead atoms. The van der Waals surface area contributed by atoms with Crippen molar-refractivity contribution in [3.05, 3.63) is 40.5 Å². The number of rotatable bonds is 5. The van der Waals surface area contributed by atoms with E-state index in [0.717, 1.165) is 17.6 Å². The van der Waals surface area contributed by atoms with E-state index in [1.54, 1.807) is 11.1 Å². The quantitative estimate of drug-likeness (QED) is 0.659. The molecule has 3 aromatic rings. The molecule has 1 aliphatic heterocycles. The first kappa shape index (κ1) is 19.6. The number of nitrogens with zero attached hydrogens (tertiary/aromatic N) is 5. The summed E-state index contributed by atoms with van der Waals surface area (Å²) in [5.41, 5.74) is 1.39. The minimum atomic E-state index is -0.425. The molecule has 4 heterocycles. The van der Waals surface area contributed by atoms with Gasteiger partial charge in [-0.2, -0.15) is 4.98 Å². The van der Waals surface area contributed by atoms with E-state index in [1.165, 1.54) is 17.4 Å². The predicted molar refractivity (Wildman–Crippen MR) is 107 cm³/mol. The van der Waals surface area contributed by atoms with E-state index in [-0.39, 0.29) is 30.4 Å². The highest BCUT2D eigenvalue weighted by molar-refractivity contribution is 7.18. The number of aliphatic hydroxyl groups excluding tert-OH is 1. The molecular weight excluding hydrogens is 395 g/mol. The van der Waals surface area contributed by atoms with Crippen LogP contribution in [-0.2, 0) is 0 Å². The topological polar surface area (TPSA) is 104 Å². The fourth-order valence-electron chi connectivity index (χ4n) is 3.40. The number of anilines is 1. The molecule has 152 valence electrons. The first-order valence-electron chi connectivity index (χ1n) is 9.37. The van der Waals surface area contributed by atoms with Gasteiger partial charge in [0.25, 0.3) is 5.91 Å². The molecule has 0 aliphatic carbocycles. The molecule has 3 aromatic heterocycles. The Morgan fingerprint density at radius 2 is 2.24 bits per heavy atom. The summed E-state index contributed by atoms with van der Waals surface area (Å²) in [4.78, 5) is 32.0. The predicted octanol–water partition coefficient (Wildman–Crippen LogP) is 2.56. The van der Waals surface area contributed by atoms with E-state index in [2.05, 4.69) is 25.3 Å². The Bertz CT molecular complexity index is 1060. The normalized spacial score (nSPS) is 17.7. The maximum absolute atomic E-state index is 13.5. The summed E-state index contributed by atoms with van der Waals surface area (Å²) in [7, 11) is 0. The fraction of sp³-hybridized carbons (Fsp3) is 0.421. The summed E-state index contributed by atoms with van der Waals surface area (Å²) in [6.45, 7) is 4.85. The summed E-state index contributed by atoms with van der Waals surface area (Å²) in [5, 5.41) is 13.3. The number of hydrogen-bond donors (Lipinski definition) is 2. The van der Waals surface area contributed by atoms with Crippen LogP contribution in [0.1, 0.15) is 40.4 Å². The highest BCUT2D eigenvalue weighted by Crippen LogP contribution is 2.28. The number of carbonyl (C=O) groups excluding carboxylic acids is 1. The number of carbonyl (C=O) groups is 1. The molecule has 4 rings (SSSR count). The standard InChI is InChI=1S/C19H21FN6O2S/c1-10(13-5-14(20)7-21-6-13)22-19-24-15(16-17(25-19)23-11(2)29-16)18(28)26-4-3-12(8-26)9-27/h5-7,10,12,27H,3-4,8-9H2,1-2H3,(H,22,24,25)/t10-,12-/m0/s1. The van der Waals surface area contributed by atoms with Gasteiger partial charge in [-0.3, -0.25) is 9.78 Å². The molecule has 0 saturated carbocycles. The molecule has 0 unspecified atom stereocenters. The number of likely N-dealkylation sites (tertiary alicyclic amines) is 1. The van der Waals surface area contributed by atoms with Crippen LogP contribution in [0, 0.1) is 18.7 Å². The van der Waals surface area contributed by atoms with Crippen LogP contribution < -0.4 is 5.32 Å². The molecule has 29 heavy (non-hydrogen) atoms. The van der Waals surface area contributed by atoms with Gasteiger partial charge in [-0.05, 0) is 31.9 Å². The maximum Gasteiger partial charge on any atom is 0.274 e. The van der Waals surface area contributed by atoms with Crippen molar-refractivity contribution in [2.75, 3.05) is 25.0 Å². The van der Waals surface area contributed by atoms with Crippen LogP contribution in [0.3, 0.4) is 0 Å². The molecular formula is C19H21FN6O2S. The van der Waals surface area contributed by atoms with Crippen molar-refractivity contribution in [3.8, 4) is 0 Å². The maximum atomic E-state index is 13.5. The third-order valence-corrected chi connectivity index (χ3v) is 5.93. The van der Waals surface area contributed by atoms with E-state index in [1.807, 2.05) is 13.8 Å². The van der Waals surface area contributed by atoms with Gasteiger partial charge in [0, 0.05) is 31.8 Å². The Kier molecular flexibility index (Phi) is 5.37. The molecule has 1 aliphatic rings. The molecule has 0 spiro atoms. The zero-order chi connectivity index (χ0) is 20.5. The summed E-state index contributed by atoms with van der Waals surface area (Å²) < 4.78 is 14.1. The number of nitrogens with one attached hydrogen (secondary N) is 1. The average Bonchev–Trinajstić information content (AvgIpc) is 3.32. The number of fused-ring (bicyclic) bond motifs is 1. The molecule has 0 radical (unpaired) electrons. The van der Waals surface area contributed by atoms with Gasteiger partial charge in [0.1, 0.15) is 10.5 Å². The van der Waals surface area contributed by atoms with Gasteiger partial charge in [-0.1, -0.05) is 0 Å². The van der Waals surface area contributed by atoms with E-state index in [9.17, 15) is 14.3 Å². The van der Waals surface area contributed by atoms with Crippen molar-refractivity contribution in [1.29, 1.82) is 0 Å². The number of hydrogen-bond acceptors (Lipinski definition) is 8. The number of thiazole rings is 1. The average molecular weight is 416 g/mol. The van der Waals surface area contributed by atoms with Crippen LogP contribution in [0.5, 0.6) is 0 Å². The lowest BCUT2D eigenvalue weighted by Gasteiger charge is -2.18. The van der Waals surface area contributed by atoms with Crippen LogP contribution in [-0.4, -0.2) is 55.5 Å². The van der Waals surface area contributed by atoms with Gasteiger partial charge in [0.05, 0.1) is 17.2 Å². The third kappa shape index (κ3) is 4.03. The van der Waals surface area contributed by atoms with Crippen LogP contribution in [0.25, 0.3) is 10.3 Å². The second-order valence-corrected chi connectivity index (χ2v) is 8.38. The van der Waals surface area contributed by atoms with E-state index in [4.69, 9.17) is 0 Å². The SMILES string of the molecule is Cc1nc2nc(N[C@@H](C)c3cncc(F)c3)nc(C(=O)N3CC[C@H](CO)C3)c2s1. The van der Waals surface area contributed by atoms with Crippen molar-refractivity contribution in [2.24, 2.45) is 5.92 Å². The number of aliphatic hydroxyl groups is 1. The summed E-state index contributed by atoms with van der Waals surface area (Å²) >= 11 is 1.38. The Labute approximate surface area is 170 Å². The Hall–Kier alpha value is -2.72. The monoisotopic (exact) mass is 416 g/mol. The molecule has 0 aromatic carbocycles. The highest BCUT2D eigenvalue weighted by Gasteiger charge is 2.29. The fourth-order valence-corrected chi connectivity index (χ4v) is 4.24. The van der Waals surface area contributed by atoms with Gasteiger partial charge in [-0.25, -0.2) is 14.4 Å². The summed E-state index contributed by atoms with van der Waals surface area (Å²) in [6, 6.07) is 1.07. The molecule has 8 nitrogen and oxygen atoms in total. The first-order valence-corrected chi connectivity index (χ1v) is 10.2. The molecule has 1 amide bonds. The Morgan fingerprint density at radius 3 is 2.97 bits per heavy atom. The smallest absolute Gasteiger partial charge is 0.274 e. The number of pyridine rings is 1. The van der Waals surface area contributed by atoms with Crippen LogP contribution in [0.2, 0.25) is 0 Å². The molecule has 2 N–H and O–H groups in total. The Balaban J connectivity index is 1.66. The number of amides is 1. The lowest BCUT2D eigenvalue weighted by atomic mass is 10.1. The van der Waals surface area contributed by atoms with Crippen molar-refractivity contribution in [2.45, 2.75) is 26.3 Å². The van der Waals surface area contributed by atoms with E-state index < -0.39 is 5.82 Å². The highest BCUT2D eigenvalue weighted by atomic mass is 32.1. The zero-order valence-electron chi connectivity index (χ0n) is 16.1. The van der Waals surface area contributed by atoms with Crippen molar-refractivity contribution in [3.63, 3.8) is 0 Å². The van der Waals surface area contributed by atoms with Crippen LogP contribution in [0.15, 0.2) is 18.5 Å². The molecule has 1 saturated heterocycles. The lowest BCUT2D eigenvalue weighted by Crippen LogP contribution is -2.30. The molecule has 2 atom stereocenters. The minimum Gasteiger partial charge on any atom is -0.396 e.